The number of benzene rings is 1. The summed E-state index contributed by atoms with van der Waals surface area (Å²) < 4.78 is 18.5. The largest absolute Gasteiger partial charge is 0.338 e. The van der Waals surface area contributed by atoms with Crippen LogP contribution in [0.15, 0.2) is 28.8 Å². The van der Waals surface area contributed by atoms with Crippen molar-refractivity contribution in [1.29, 1.82) is 0 Å². The molecule has 96 valence electrons. The Balaban J connectivity index is 2.04. The summed E-state index contributed by atoms with van der Waals surface area (Å²) >= 11 is 0. The molecule has 0 aliphatic heterocycles. The molecule has 2 rings (SSSR count). The highest BCUT2D eigenvalue weighted by atomic mass is 19.1. The van der Waals surface area contributed by atoms with Crippen molar-refractivity contribution in [2.24, 2.45) is 5.92 Å². The first-order chi connectivity index (χ1) is 8.66. The highest BCUT2D eigenvalue weighted by Crippen LogP contribution is 2.20. The van der Waals surface area contributed by atoms with Gasteiger partial charge >= 0.3 is 6.01 Å². The van der Waals surface area contributed by atoms with E-state index in [2.05, 4.69) is 29.3 Å². The SMILES string of the molecule is CC(C)CCNc1nc(-c2ccccc2F)no1. The zero-order valence-corrected chi connectivity index (χ0v) is 10.5. The molecule has 0 radical (unpaired) electrons. The van der Waals surface area contributed by atoms with Gasteiger partial charge in [-0.05, 0) is 24.5 Å². The number of hydrogen-bond donors (Lipinski definition) is 1. The van der Waals surface area contributed by atoms with Gasteiger partial charge in [-0.25, -0.2) is 4.39 Å². The molecule has 4 nitrogen and oxygen atoms in total. The first kappa shape index (κ1) is 12.5. The molecule has 0 saturated carbocycles. The maximum Gasteiger partial charge on any atom is 0.321 e. The Hall–Kier alpha value is -1.91. The van der Waals surface area contributed by atoms with Crippen molar-refractivity contribution in [2.75, 3.05) is 11.9 Å². The number of halogens is 1. The summed E-state index contributed by atoms with van der Waals surface area (Å²) in [6.07, 6.45) is 1.01. The Morgan fingerprint density at radius 2 is 2.11 bits per heavy atom. The molecule has 18 heavy (non-hydrogen) atoms. The number of nitrogens with one attached hydrogen (secondary N) is 1. The lowest BCUT2D eigenvalue weighted by Crippen LogP contribution is -2.04. The smallest absolute Gasteiger partial charge is 0.321 e. The van der Waals surface area contributed by atoms with Crippen LogP contribution in [-0.4, -0.2) is 16.7 Å². The van der Waals surface area contributed by atoms with Gasteiger partial charge in [0.2, 0.25) is 5.82 Å². The van der Waals surface area contributed by atoms with E-state index in [9.17, 15) is 4.39 Å². The summed E-state index contributed by atoms with van der Waals surface area (Å²) in [5.74, 6) is 0.513. The highest BCUT2D eigenvalue weighted by Gasteiger charge is 2.11. The molecule has 1 heterocycles. The molecule has 1 N–H and O–H groups in total. The summed E-state index contributed by atoms with van der Waals surface area (Å²) in [5.41, 5.74) is 0.346. The van der Waals surface area contributed by atoms with Crippen LogP contribution in [0.1, 0.15) is 20.3 Å². The summed E-state index contributed by atoms with van der Waals surface area (Å²) in [6.45, 7) is 5.04. The Bertz CT molecular complexity index is 510. The van der Waals surface area contributed by atoms with Gasteiger partial charge in [-0.3, -0.25) is 0 Å². The Kier molecular flexibility index (Phi) is 3.92. The topological polar surface area (TPSA) is 51.0 Å². The fraction of sp³-hybridized carbons (Fsp3) is 0.385. The van der Waals surface area contributed by atoms with Gasteiger partial charge in [0.1, 0.15) is 5.82 Å². The Morgan fingerprint density at radius 1 is 1.33 bits per heavy atom. The van der Waals surface area contributed by atoms with Gasteiger partial charge in [0.25, 0.3) is 0 Å². The van der Waals surface area contributed by atoms with E-state index < -0.39 is 0 Å². The third kappa shape index (κ3) is 3.06. The molecule has 0 fully saturated rings. The molecule has 2 aromatic rings. The second kappa shape index (κ2) is 5.62. The van der Waals surface area contributed by atoms with Gasteiger partial charge in [0.05, 0.1) is 5.56 Å². The first-order valence-corrected chi connectivity index (χ1v) is 5.99. The summed E-state index contributed by atoms with van der Waals surface area (Å²) in [4.78, 5) is 4.11. The minimum atomic E-state index is -0.355. The van der Waals surface area contributed by atoms with Crippen LogP contribution in [-0.2, 0) is 0 Å². The molecule has 0 spiro atoms. The number of hydrogen-bond acceptors (Lipinski definition) is 4. The predicted molar refractivity (Wildman–Crippen MR) is 67.6 cm³/mol. The normalized spacial score (nSPS) is 10.9. The lowest BCUT2D eigenvalue weighted by Gasteiger charge is -2.03. The summed E-state index contributed by atoms with van der Waals surface area (Å²) in [7, 11) is 0. The standard InChI is InChI=1S/C13H16FN3O/c1-9(2)7-8-15-13-16-12(17-18-13)10-5-3-4-6-11(10)14/h3-6,9H,7-8H2,1-2H3,(H,15,16,17). The summed E-state index contributed by atoms with van der Waals surface area (Å²) in [5, 5.41) is 6.78. The van der Waals surface area contributed by atoms with Gasteiger partial charge in [-0.15, -0.1) is 0 Å². The van der Waals surface area contributed by atoms with Crippen LogP contribution in [0.4, 0.5) is 10.4 Å². The lowest BCUT2D eigenvalue weighted by atomic mass is 10.1. The number of aromatic nitrogens is 2. The molecule has 0 aliphatic rings. The van der Waals surface area contributed by atoms with Crippen molar-refractivity contribution in [1.82, 2.24) is 10.1 Å². The highest BCUT2D eigenvalue weighted by molar-refractivity contribution is 5.56. The van der Waals surface area contributed by atoms with Crippen LogP contribution in [0.3, 0.4) is 0 Å². The monoisotopic (exact) mass is 249 g/mol. The van der Waals surface area contributed by atoms with Gasteiger partial charge in [0, 0.05) is 6.54 Å². The molecule has 0 amide bonds. The average molecular weight is 249 g/mol. The van der Waals surface area contributed by atoms with Gasteiger partial charge in [-0.2, -0.15) is 4.98 Å². The van der Waals surface area contributed by atoms with Crippen molar-refractivity contribution < 1.29 is 8.91 Å². The number of rotatable bonds is 5. The van der Waals surface area contributed by atoms with E-state index >= 15 is 0 Å². The maximum absolute atomic E-state index is 13.5. The van der Waals surface area contributed by atoms with Crippen LogP contribution >= 0.6 is 0 Å². The number of anilines is 1. The van der Waals surface area contributed by atoms with E-state index in [0.717, 1.165) is 13.0 Å². The quantitative estimate of drug-likeness (QED) is 0.883. The molecular formula is C13H16FN3O. The Labute approximate surface area is 105 Å². The fourth-order valence-corrected chi connectivity index (χ4v) is 1.52. The molecule has 0 atom stereocenters. The molecule has 0 bridgehead atoms. The van der Waals surface area contributed by atoms with Crippen LogP contribution in [0.2, 0.25) is 0 Å². The minimum Gasteiger partial charge on any atom is -0.338 e. The van der Waals surface area contributed by atoms with Crippen molar-refractivity contribution in [2.45, 2.75) is 20.3 Å². The van der Waals surface area contributed by atoms with Crippen LogP contribution < -0.4 is 5.32 Å². The third-order valence-electron chi connectivity index (χ3n) is 2.54. The van der Waals surface area contributed by atoms with E-state index in [0.29, 0.717) is 17.5 Å². The van der Waals surface area contributed by atoms with Crippen LogP contribution in [0.25, 0.3) is 11.4 Å². The molecule has 0 aliphatic carbocycles. The van der Waals surface area contributed by atoms with E-state index in [-0.39, 0.29) is 11.6 Å². The van der Waals surface area contributed by atoms with E-state index in [1.54, 1.807) is 18.2 Å². The molecule has 5 heteroatoms. The average Bonchev–Trinajstić information content (AvgIpc) is 2.78. The second-order valence-electron chi connectivity index (χ2n) is 4.51. The third-order valence-corrected chi connectivity index (χ3v) is 2.54. The number of nitrogens with zero attached hydrogens (tertiary/aromatic N) is 2. The lowest BCUT2D eigenvalue weighted by molar-refractivity contribution is 0.430. The van der Waals surface area contributed by atoms with Gasteiger partial charge < -0.3 is 9.84 Å². The molecule has 1 aromatic heterocycles. The fourth-order valence-electron chi connectivity index (χ4n) is 1.52. The summed E-state index contributed by atoms with van der Waals surface area (Å²) in [6, 6.07) is 6.69. The molecule has 0 unspecified atom stereocenters. The maximum atomic E-state index is 13.5. The molecular weight excluding hydrogens is 233 g/mol. The van der Waals surface area contributed by atoms with E-state index in [1.807, 2.05) is 0 Å². The van der Waals surface area contributed by atoms with Crippen LogP contribution in [0, 0.1) is 11.7 Å². The van der Waals surface area contributed by atoms with Crippen molar-refractivity contribution in [3.8, 4) is 11.4 Å². The first-order valence-electron chi connectivity index (χ1n) is 5.99. The van der Waals surface area contributed by atoms with Gasteiger partial charge in [-0.1, -0.05) is 31.1 Å². The molecule has 0 saturated heterocycles. The molecule has 1 aromatic carbocycles. The van der Waals surface area contributed by atoms with Crippen LogP contribution in [0.5, 0.6) is 0 Å². The van der Waals surface area contributed by atoms with Crippen molar-refractivity contribution >= 4 is 6.01 Å². The minimum absolute atomic E-state index is 0.264. The predicted octanol–water partition coefficient (Wildman–Crippen LogP) is 3.33. The van der Waals surface area contributed by atoms with E-state index in [1.165, 1.54) is 6.07 Å². The second-order valence-corrected chi connectivity index (χ2v) is 4.51. The zero-order valence-electron chi connectivity index (χ0n) is 10.5. The Morgan fingerprint density at radius 3 is 2.83 bits per heavy atom. The van der Waals surface area contributed by atoms with Gasteiger partial charge in [0.15, 0.2) is 0 Å². The van der Waals surface area contributed by atoms with E-state index in [4.69, 9.17) is 4.52 Å². The van der Waals surface area contributed by atoms with Crippen molar-refractivity contribution in [3.05, 3.63) is 30.1 Å². The van der Waals surface area contributed by atoms with Crippen molar-refractivity contribution in [3.63, 3.8) is 0 Å². The zero-order chi connectivity index (χ0) is 13.0.